The predicted octanol–water partition coefficient (Wildman–Crippen LogP) is 2.80. The first-order valence-electron chi connectivity index (χ1n) is 7.42. The molecule has 2 aliphatic rings. The molecule has 3 atom stereocenters. The van der Waals surface area contributed by atoms with Crippen molar-refractivity contribution in [3.63, 3.8) is 0 Å². The van der Waals surface area contributed by atoms with Gasteiger partial charge in [-0.25, -0.2) is 0 Å². The molecule has 2 aliphatic heterocycles. The van der Waals surface area contributed by atoms with Gasteiger partial charge in [0.15, 0.2) is 0 Å². The van der Waals surface area contributed by atoms with E-state index in [-0.39, 0.29) is 31.5 Å². The maximum atomic E-state index is 13.1. The SMILES string of the molecule is O=C1CC2COCC(CC1C(F)(F)F)N2Cc1ccccc1. The summed E-state index contributed by atoms with van der Waals surface area (Å²) in [6.07, 6.45) is -4.76. The Kier molecular flexibility index (Phi) is 4.23. The molecule has 3 rings (SSSR count). The van der Waals surface area contributed by atoms with Gasteiger partial charge in [0, 0.05) is 25.0 Å². The van der Waals surface area contributed by atoms with Crippen LogP contribution in [0.3, 0.4) is 0 Å². The third kappa shape index (κ3) is 3.17. The standard InChI is InChI=1S/C16H18F3NO2/c17-16(18,19)14-6-12-9-22-10-13(7-15(14)21)20(12)8-11-4-2-1-3-5-11/h1-5,12-14H,6-10H2. The molecule has 1 aromatic carbocycles. The number of rotatable bonds is 2. The van der Waals surface area contributed by atoms with E-state index in [9.17, 15) is 18.0 Å². The van der Waals surface area contributed by atoms with Crippen molar-refractivity contribution in [2.45, 2.75) is 37.6 Å². The minimum Gasteiger partial charge on any atom is -0.378 e. The van der Waals surface area contributed by atoms with Crippen LogP contribution in [-0.2, 0) is 16.1 Å². The molecule has 0 aliphatic carbocycles. The maximum Gasteiger partial charge on any atom is 0.398 e. The highest BCUT2D eigenvalue weighted by Crippen LogP contribution is 2.37. The number of alkyl halides is 3. The van der Waals surface area contributed by atoms with Gasteiger partial charge in [0.2, 0.25) is 0 Å². The average molecular weight is 313 g/mol. The first kappa shape index (κ1) is 15.5. The van der Waals surface area contributed by atoms with Crippen molar-refractivity contribution in [3.05, 3.63) is 35.9 Å². The predicted molar refractivity (Wildman–Crippen MR) is 74.2 cm³/mol. The van der Waals surface area contributed by atoms with E-state index in [1.807, 2.05) is 35.2 Å². The molecule has 2 bridgehead atoms. The van der Waals surface area contributed by atoms with Gasteiger partial charge in [-0.2, -0.15) is 13.2 Å². The summed E-state index contributed by atoms with van der Waals surface area (Å²) >= 11 is 0. The first-order valence-corrected chi connectivity index (χ1v) is 7.42. The fraction of sp³-hybridized carbons (Fsp3) is 0.562. The van der Waals surface area contributed by atoms with Crippen LogP contribution in [0.25, 0.3) is 0 Å². The van der Waals surface area contributed by atoms with Crippen molar-refractivity contribution in [3.8, 4) is 0 Å². The molecule has 2 fully saturated rings. The smallest absolute Gasteiger partial charge is 0.378 e. The number of carbonyl (C=O) groups is 1. The number of carbonyl (C=O) groups excluding carboxylic acids is 1. The summed E-state index contributed by atoms with van der Waals surface area (Å²) in [5.74, 6) is -2.56. The van der Waals surface area contributed by atoms with Crippen molar-refractivity contribution in [1.29, 1.82) is 0 Å². The second-order valence-corrected chi connectivity index (χ2v) is 6.00. The fourth-order valence-corrected chi connectivity index (χ4v) is 3.36. The molecule has 0 N–H and O–H groups in total. The summed E-state index contributed by atoms with van der Waals surface area (Å²) in [7, 11) is 0. The number of hydrogen-bond acceptors (Lipinski definition) is 3. The molecule has 22 heavy (non-hydrogen) atoms. The Bertz CT molecular complexity index is 532. The number of Topliss-reactive ketones (excluding diaryl/α,β-unsaturated/α-hetero) is 1. The maximum absolute atomic E-state index is 13.1. The van der Waals surface area contributed by atoms with Crippen LogP contribution in [0.2, 0.25) is 0 Å². The molecule has 2 saturated heterocycles. The van der Waals surface area contributed by atoms with Crippen molar-refractivity contribution < 1.29 is 22.7 Å². The van der Waals surface area contributed by atoms with Crippen molar-refractivity contribution >= 4 is 5.78 Å². The number of fused-ring (bicyclic) bond motifs is 2. The van der Waals surface area contributed by atoms with E-state index in [1.165, 1.54) is 0 Å². The van der Waals surface area contributed by atoms with Crippen LogP contribution in [0.4, 0.5) is 13.2 Å². The molecule has 0 saturated carbocycles. The molecular weight excluding hydrogens is 295 g/mol. The molecule has 6 heteroatoms. The highest BCUT2D eigenvalue weighted by molar-refractivity contribution is 5.82. The van der Waals surface area contributed by atoms with Gasteiger partial charge in [-0.05, 0) is 12.0 Å². The second-order valence-electron chi connectivity index (χ2n) is 6.00. The number of benzene rings is 1. The van der Waals surface area contributed by atoms with E-state index in [1.54, 1.807) is 0 Å². The Balaban J connectivity index is 1.84. The first-order chi connectivity index (χ1) is 10.4. The zero-order chi connectivity index (χ0) is 15.7. The number of ketones is 1. The number of morpholine rings is 1. The number of hydrogen-bond donors (Lipinski definition) is 0. The van der Waals surface area contributed by atoms with E-state index >= 15 is 0 Å². The topological polar surface area (TPSA) is 29.5 Å². The van der Waals surface area contributed by atoms with Crippen LogP contribution in [0.1, 0.15) is 18.4 Å². The number of halogens is 3. The third-order valence-electron chi connectivity index (χ3n) is 4.49. The minimum absolute atomic E-state index is 0.0898. The lowest BCUT2D eigenvalue weighted by atomic mass is 9.95. The van der Waals surface area contributed by atoms with Gasteiger partial charge < -0.3 is 4.74 Å². The third-order valence-corrected chi connectivity index (χ3v) is 4.49. The summed E-state index contributed by atoms with van der Waals surface area (Å²) < 4.78 is 44.7. The zero-order valence-corrected chi connectivity index (χ0v) is 12.1. The van der Waals surface area contributed by atoms with Crippen LogP contribution in [0.15, 0.2) is 30.3 Å². The van der Waals surface area contributed by atoms with Crippen molar-refractivity contribution in [2.24, 2.45) is 5.92 Å². The highest BCUT2D eigenvalue weighted by Gasteiger charge is 2.50. The minimum atomic E-state index is -4.47. The van der Waals surface area contributed by atoms with Crippen LogP contribution >= 0.6 is 0 Å². The van der Waals surface area contributed by atoms with Gasteiger partial charge in [0.25, 0.3) is 0 Å². The molecule has 0 amide bonds. The largest absolute Gasteiger partial charge is 0.398 e. The molecule has 3 unspecified atom stereocenters. The Morgan fingerprint density at radius 3 is 2.50 bits per heavy atom. The Morgan fingerprint density at radius 1 is 1.14 bits per heavy atom. The van der Waals surface area contributed by atoms with E-state index in [2.05, 4.69) is 0 Å². The molecule has 1 aromatic rings. The zero-order valence-electron chi connectivity index (χ0n) is 12.1. The van der Waals surface area contributed by atoms with Gasteiger partial charge in [-0.3, -0.25) is 9.69 Å². The molecule has 0 aromatic heterocycles. The van der Waals surface area contributed by atoms with Crippen LogP contribution in [0, 0.1) is 5.92 Å². The van der Waals surface area contributed by atoms with Crippen LogP contribution < -0.4 is 0 Å². The average Bonchev–Trinajstić information content (AvgIpc) is 2.54. The van der Waals surface area contributed by atoms with Crippen molar-refractivity contribution in [1.82, 2.24) is 4.90 Å². The summed E-state index contributed by atoms with van der Waals surface area (Å²) in [5.41, 5.74) is 1.04. The molecule has 0 radical (unpaired) electrons. The van der Waals surface area contributed by atoms with Crippen LogP contribution in [0.5, 0.6) is 0 Å². The van der Waals surface area contributed by atoms with Crippen LogP contribution in [-0.4, -0.2) is 42.2 Å². The van der Waals surface area contributed by atoms with Gasteiger partial charge in [-0.1, -0.05) is 30.3 Å². The number of nitrogens with zero attached hydrogens (tertiary/aromatic N) is 1. The Labute approximate surface area is 127 Å². The summed E-state index contributed by atoms with van der Waals surface area (Å²) in [6, 6.07) is 8.98. The quantitative estimate of drug-likeness (QED) is 0.841. The molecule has 2 heterocycles. The van der Waals surface area contributed by atoms with Gasteiger partial charge in [0.05, 0.1) is 13.2 Å². The second kappa shape index (κ2) is 6.01. The van der Waals surface area contributed by atoms with Gasteiger partial charge >= 0.3 is 6.18 Å². The van der Waals surface area contributed by atoms with E-state index in [4.69, 9.17) is 4.74 Å². The normalized spacial score (nSPS) is 30.1. The molecular formula is C16H18F3NO2. The van der Waals surface area contributed by atoms with Crippen molar-refractivity contribution in [2.75, 3.05) is 13.2 Å². The van der Waals surface area contributed by atoms with E-state index in [0.717, 1.165) is 5.56 Å². The Hall–Kier alpha value is -1.40. The summed E-state index contributed by atoms with van der Waals surface area (Å²) in [5, 5.41) is 0. The van der Waals surface area contributed by atoms with E-state index < -0.39 is 17.9 Å². The van der Waals surface area contributed by atoms with E-state index in [0.29, 0.717) is 13.2 Å². The fourth-order valence-electron chi connectivity index (χ4n) is 3.36. The Morgan fingerprint density at radius 2 is 1.82 bits per heavy atom. The summed E-state index contributed by atoms with van der Waals surface area (Å²) in [4.78, 5) is 14.0. The molecule has 0 spiro atoms. The van der Waals surface area contributed by atoms with Gasteiger partial charge in [-0.15, -0.1) is 0 Å². The van der Waals surface area contributed by atoms with Gasteiger partial charge in [0.1, 0.15) is 11.7 Å². The number of ether oxygens (including phenoxy) is 1. The lowest BCUT2D eigenvalue weighted by molar-refractivity contribution is -0.183. The monoisotopic (exact) mass is 313 g/mol. The molecule has 3 nitrogen and oxygen atoms in total. The lowest BCUT2D eigenvalue weighted by Crippen LogP contribution is -2.50. The summed E-state index contributed by atoms with van der Waals surface area (Å²) in [6.45, 7) is 1.13. The molecule has 120 valence electrons. The highest BCUT2D eigenvalue weighted by atomic mass is 19.4. The lowest BCUT2D eigenvalue weighted by Gasteiger charge is -2.40.